The fraction of sp³-hybridized carbons (Fsp3) is 0.791. The minimum atomic E-state index is -4.45. The second kappa shape index (κ2) is 33.8. The molecule has 1 rings (SSSR count). The van der Waals surface area contributed by atoms with E-state index in [9.17, 15) is 34.1 Å². The van der Waals surface area contributed by atoms with Crippen molar-refractivity contribution in [3.05, 3.63) is 36.5 Å². The summed E-state index contributed by atoms with van der Waals surface area (Å²) < 4.78 is 32.7. The molecule has 0 heterocycles. The van der Waals surface area contributed by atoms with Crippen LogP contribution in [0.4, 0.5) is 0 Å². The fourth-order valence-electron chi connectivity index (χ4n) is 6.62. The molecule has 6 atom stereocenters. The van der Waals surface area contributed by atoms with Gasteiger partial charge in [0.15, 0.2) is 6.10 Å². The highest BCUT2D eigenvalue weighted by Crippen LogP contribution is 2.43. The molecule has 0 aliphatic heterocycles. The van der Waals surface area contributed by atoms with Gasteiger partial charge < -0.3 is 30.3 Å². The zero-order chi connectivity index (χ0) is 41.3. The van der Waals surface area contributed by atoms with E-state index in [-0.39, 0.29) is 56.6 Å². The van der Waals surface area contributed by atoms with Crippen molar-refractivity contribution in [1.29, 1.82) is 0 Å². The van der Waals surface area contributed by atoms with Gasteiger partial charge in [-0.05, 0) is 57.8 Å². The van der Waals surface area contributed by atoms with Crippen LogP contribution >= 0.6 is 7.82 Å². The third-order valence-electron chi connectivity index (χ3n) is 9.89. The Morgan fingerprint density at radius 3 is 2.11 bits per heavy atom. The molecule has 1 fully saturated rings. The maximum absolute atomic E-state index is 12.7. The van der Waals surface area contributed by atoms with Crippen molar-refractivity contribution in [2.45, 2.75) is 180 Å². The Morgan fingerprint density at radius 2 is 1.43 bits per heavy atom. The summed E-state index contributed by atoms with van der Waals surface area (Å²) >= 11 is 0. The van der Waals surface area contributed by atoms with Crippen molar-refractivity contribution >= 4 is 25.5 Å². The number of phosphoric acid groups is 1. The molecule has 0 bridgehead atoms. The molecule has 1 unspecified atom stereocenters. The number of ether oxygens (including phenoxy) is 2. The smallest absolute Gasteiger partial charge is 0.462 e. The van der Waals surface area contributed by atoms with Gasteiger partial charge in [0.2, 0.25) is 0 Å². The molecular weight excluding hydrogens is 737 g/mol. The number of phosphoric ester groups is 1. The average Bonchev–Trinajstić information content (AvgIpc) is 3.44. The molecule has 0 spiro atoms. The lowest BCUT2D eigenvalue weighted by Gasteiger charge is -2.20. The van der Waals surface area contributed by atoms with Crippen LogP contribution in [-0.4, -0.2) is 77.5 Å². The number of hydrogen-bond acceptors (Lipinski definition) is 11. The lowest BCUT2D eigenvalue weighted by atomic mass is 9.88. The quantitative estimate of drug-likeness (QED) is 0.0204. The van der Waals surface area contributed by atoms with Crippen LogP contribution in [0.25, 0.3) is 0 Å². The van der Waals surface area contributed by atoms with Crippen molar-refractivity contribution in [1.82, 2.24) is 0 Å². The summed E-state index contributed by atoms with van der Waals surface area (Å²) in [5, 5.41) is 20.7. The topological polar surface area (TPSA) is 192 Å². The van der Waals surface area contributed by atoms with Gasteiger partial charge in [0.05, 0.1) is 25.4 Å². The van der Waals surface area contributed by atoms with Crippen molar-refractivity contribution in [3.8, 4) is 0 Å². The van der Waals surface area contributed by atoms with Crippen LogP contribution in [0.5, 0.6) is 0 Å². The number of Topliss-reactive ketones (excluding diaryl/α,β-unsaturated/α-hetero) is 1. The number of aliphatic hydroxyl groups is 2. The van der Waals surface area contributed by atoms with Gasteiger partial charge in [0, 0.05) is 37.6 Å². The van der Waals surface area contributed by atoms with Gasteiger partial charge in [-0.3, -0.25) is 23.4 Å². The lowest BCUT2D eigenvalue weighted by Crippen LogP contribution is -2.29. The molecule has 0 amide bonds. The van der Waals surface area contributed by atoms with Gasteiger partial charge in [-0.25, -0.2) is 4.57 Å². The van der Waals surface area contributed by atoms with E-state index in [0.717, 1.165) is 77.0 Å². The Labute approximate surface area is 337 Å². The highest BCUT2D eigenvalue weighted by Gasteiger charge is 2.39. The summed E-state index contributed by atoms with van der Waals surface area (Å²) in [6, 6.07) is 0. The molecule has 0 aromatic heterocycles. The van der Waals surface area contributed by atoms with E-state index < -0.39 is 44.7 Å². The largest absolute Gasteiger partial charge is 0.472 e. The fourth-order valence-corrected chi connectivity index (χ4v) is 7.38. The predicted molar refractivity (Wildman–Crippen MR) is 221 cm³/mol. The number of ketones is 1. The molecule has 5 N–H and O–H groups in total. The molecule has 0 saturated heterocycles. The second-order valence-corrected chi connectivity index (χ2v) is 16.4. The zero-order valence-electron chi connectivity index (χ0n) is 34.6. The Kier molecular flexibility index (Phi) is 31.2. The first kappa shape index (κ1) is 51.8. The van der Waals surface area contributed by atoms with Crippen molar-refractivity contribution in [2.24, 2.45) is 17.6 Å². The van der Waals surface area contributed by atoms with Crippen LogP contribution in [0.3, 0.4) is 0 Å². The van der Waals surface area contributed by atoms with Crippen molar-refractivity contribution < 1.29 is 52.6 Å². The minimum Gasteiger partial charge on any atom is -0.462 e. The van der Waals surface area contributed by atoms with Crippen molar-refractivity contribution in [2.75, 3.05) is 26.4 Å². The lowest BCUT2D eigenvalue weighted by molar-refractivity contribution is -0.161. The molecule has 0 aromatic rings. The SMILES string of the molecule is CCCCC/C=C\C/C=C\CCCCCCCC(=O)OC[C@H](COP(=O)(O)OCCN)OC(=O)CCCCCC[C@H]1C(=O)C[C@@H](O)[C@@H]1/C=C/[C@@H](O)CCCCC. The van der Waals surface area contributed by atoms with E-state index in [1.807, 2.05) is 6.08 Å². The molecule has 324 valence electrons. The van der Waals surface area contributed by atoms with E-state index >= 15 is 0 Å². The molecule has 13 heteroatoms. The Bertz CT molecular complexity index is 1180. The Morgan fingerprint density at radius 1 is 0.821 bits per heavy atom. The molecular formula is C43H76NO11P. The van der Waals surface area contributed by atoms with Gasteiger partial charge in [0.25, 0.3) is 0 Å². The molecule has 1 aliphatic rings. The minimum absolute atomic E-state index is 0.0119. The number of carbonyl (C=O) groups is 3. The molecule has 0 radical (unpaired) electrons. The maximum Gasteiger partial charge on any atom is 0.472 e. The van der Waals surface area contributed by atoms with Crippen LogP contribution in [0, 0.1) is 11.8 Å². The van der Waals surface area contributed by atoms with Gasteiger partial charge in [-0.1, -0.05) is 121 Å². The van der Waals surface area contributed by atoms with Crippen LogP contribution in [0.15, 0.2) is 36.5 Å². The maximum atomic E-state index is 12.7. The molecule has 0 aromatic carbocycles. The van der Waals surface area contributed by atoms with E-state index in [0.29, 0.717) is 32.1 Å². The molecule has 1 saturated carbocycles. The third kappa shape index (κ3) is 27.5. The number of carbonyl (C=O) groups excluding carboxylic acids is 3. The van der Waals surface area contributed by atoms with E-state index in [4.69, 9.17) is 24.3 Å². The summed E-state index contributed by atoms with van der Waals surface area (Å²) in [5.41, 5.74) is 5.34. The highest BCUT2D eigenvalue weighted by atomic mass is 31.2. The predicted octanol–water partition coefficient (Wildman–Crippen LogP) is 8.75. The van der Waals surface area contributed by atoms with Crippen LogP contribution in [0.1, 0.15) is 162 Å². The van der Waals surface area contributed by atoms with E-state index in [1.54, 1.807) is 6.08 Å². The summed E-state index contributed by atoms with van der Waals surface area (Å²) in [4.78, 5) is 47.6. The van der Waals surface area contributed by atoms with Crippen molar-refractivity contribution in [3.63, 3.8) is 0 Å². The van der Waals surface area contributed by atoms with Gasteiger partial charge in [0.1, 0.15) is 12.4 Å². The third-order valence-corrected chi connectivity index (χ3v) is 10.9. The van der Waals surface area contributed by atoms with E-state index in [2.05, 4.69) is 38.2 Å². The second-order valence-electron chi connectivity index (χ2n) is 15.0. The highest BCUT2D eigenvalue weighted by molar-refractivity contribution is 7.47. The summed E-state index contributed by atoms with van der Waals surface area (Å²) in [5.74, 6) is -1.56. The first-order valence-corrected chi connectivity index (χ1v) is 23.1. The standard InChI is InChI=1S/C43H76NO11P/c1-3-5-7-8-9-10-11-12-13-14-15-16-17-18-23-27-42(48)52-34-37(35-54-56(50,51)53-32-31-44)55-43(49)28-24-20-19-22-26-38-39(41(47)33-40(38)46)30-29-36(45)25-21-6-4-2/h9-10,12-13,29-30,36-39,41,45,47H,3-8,11,14-28,31-35,44H2,1-2H3,(H,50,51)/b10-9-,13-12-,30-29+/t36-,37+,38+,39+,41+/m0/s1. The molecule has 12 nitrogen and oxygen atoms in total. The van der Waals surface area contributed by atoms with Crippen LogP contribution < -0.4 is 5.73 Å². The van der Waals surface area contributed by atoms with Crippen LogP contribution in [0.2, 0.25) is 0 Å². The number of esters is 2. The summed E-state index contributed by atoms with van der Waals surface area (Å²) in [6.07, 6.45) is 29.3. The monoisotopic (exact) mass is 814 g/mol. The Hall–Kier alpha value is -2.18. The van der Waals surface area contributed by atoms with Crippen LogP contribution in [-0.2, 0) is 37.5 Å². The first-order chi connectivity index (χ1) is 27.0. The van der Waals surface area contributed by atoms with Gasteiger partial charge >= 0.3 is 19.8 Å². The molecule has 1 aliphatic carbocycles. The first-order valence-electron chi connectivity index (χ1n) is 21.6. The number of aliphatic hydroxyl groups excluding tert-OH is 2. The van der Waals surface area contributed by atoms with Gasteiger partial charge in [-0.2, -0.15) is 0 Å². The summed E-state index contributed by atoms with van der Waals surface area (Å²) in [7, 11) is -4.45. The normalized spacial score (nSPS) is 19.6. The van der Waals surface area contributed by atoms with Gasteiger partial charge in [-0.15, -0.1) is 0 Å². The number of hydrogen-bond donors (Lipinski definition) is 4. The molecule has 56 heavy (non-hydrogen) atoms. The number of unbranched alkanes of at least 4 members (excludes halogenated alkanes) is 13. The average molecular weight is 814 g/mol. The summed E-state index contributed by atoms with van der Waals surface area (Å²) in [6.45, 7) is 3.30. The van der Waals surface area contributed by atoms with E-state index in [1.165, 1.54) is 19.3 Å². The number of rotatable bonds is 36. The zero-order valence-corrected chi connectivity index (χ0v) is 35.5. The number of allylic oxidation sites excluding steroid dienone is 4. The number of nitrogens with two attached hydrogens (primary N) is 1. The Balaban J connectivity index is 2.40.